The van der Waals surface area contributed by atoms with Crippen LogP contribution in [0.25, 0.3) is 11.1 Å². The van der Waals surface area contributed by atoms with E-state index in [4.69, 9.17) is 4.74 Å². The van der Waals surface area contributed by atoms with Crippen molar-refractivity contribution in [2.24, 2.45) is 5.41 Å². The Morgan fingerprint density at radius 2 is 1.68 bits per heavy atom. The topological polar surface area (TPSA) is 105 Å². The number of fused-ring (bicyclic) bond motifs is 3. The third kappa shape index (κ3) is 4.79. The molecule has 2 aromatic rings. The van der Waals surface area contributed by atoms with E-state index in [1.807, 2.05) is 24.3 Å². The van der Waals surface area contributed by atoms with Crippen molar-refractivity contribution in [2.75, 3.05) is 6.61 Å². The Bertz CT molecular complexity index is 1040. The van der Waals surface area contributed by atoms with E-state index >= 15 is 0 Å². The van der Waals surface area contributed by atoms with E-state index in [0.29, 0.717) is 12.8 Å². The Balaban J connectivity index is 1.29. The van der Waals surface area contributed by atoms with Crippen LogP contribution in [-0.4, -0.2) is 41.8 Å². The molecular weight excluding hydrogens is 432 g/mol. The lowest BCUT2D eigenvalue weighted by molar-refractivity contribution is -0.152. The minimum absolute atomic E-state index is 0.0308. The van der Waals surface area contributed by atoms with Gasteiger partial charge >= 0.3 is 12.1 Å². The highest BCUT2D eigenvalue weighted by atomic mass is 16.5. The van der Waals surface area contributed by atoms with Crippen molar-refractivity contribution in [3.05, 3.63) is 59.7 Å². The quantitative estimate of drug-likeness (QED) is 0.561. The Labute approximate surface area is 199 Å². The average Bonchev–Trinajstić information content (AvgIpc) is 3.13. The molecule has 2 aliphatic rings. The largest absolute Gasteiger partial charge is 0.481 e. The smallest absolute Gasteiger partial charge is 0.407 e. The summed E-state index contributed by atoms with van der Waals surface area (Å²) in [6, 6.07) is 15.4. The normalized spacial score (nSPS) is 22.2. The molecule has 1 fully saturated rings. The predicted octanol–water partition coefficient (Wildman–Crippen LogP) is 4.45. The number of hydrogen-bond donors (Lipinski definition) is 3. The van der Waals surface area contributed by atoms with Gasteiger partial charge in [-0.15, -0.1) is 0 Å². The summed E-state index contributed by atoms with van der Waals surface area (Å²) in [4.78, 5) is 36.8. The molecule has 4 rings (SSSR count). The van der Waals surface area contributed by atoms with Gasteiger partial charge < -0.3 is 20.5 Å². The van der Waals surface area contributed by atoms with Crippen molar-refractivity contribution in [3.63, 3.8) is 0 Å². The van der Waals surface area contributed by atoms with E-state index in [-0.39, 0.29) is 24.9 Å². The number of alkyl carbamates (subject to hydrolysis) is 1. The molecule has 1 saturated carbocycles. The van der Waals surface area contributed by atoms with Crippen molar-refractivity contribution in [1.29, 1.82) is 0 Å². The second-order valence-corrected chi connectivity index (χ2v) is 9.66. The summed E-state index contributed by atoms with van der Waals surface area (Å²) in [5, 5.41) is 15.2. The molecule has 2 amide bonds. The lowest BCUT2D eigenvalue weighted by Gasteiger charge is -2.38. The molecule has 2 aliphatic carbocycles. The average molecular weight is 465 g/mol. The highest BCUT2D eigenvalue weighted by Crippen LogP contribution is 2.44. The van der Waals surface area contributed by atoms with Gasteiger partial charge in [0.2, 0.25) is 5.91 Å². The maximum Gasteiger partial charge on any atom is 0.407 e. The van der Waals surface area contributed by atoms with Crippen molar-refractivity contribution in [1.82, 2.24) is 10.6 Å². The first-order valence-electron chi connectivity index (χ1n) is 11.9. The lowest BCUT2D eigenvalue weighted by Crippen LogP contribution is -2.53. The van der Waals surface area contributed by atoms with Crippen LogP contribution in [0.4, 0.5) is 4.79 Å². The number of ether oxygens (including phenoxy) is 1. The third-order valence-electron chi connectivity index (χ3n) is 7.23. The van der Waals surface area contributed by atoms with E-state index in [9.17, 15) is 19.5 Å². The molecule has 0 heterocycles. The highest BCUT2D eigenvalue weighted by Gasteiger charge is 2.43. The van der Waals surface area contributed by atoms with Crippen LogP contribution in [0.1, 0.15) is 63.0 Å². The first kappa shape index (κ1) is 23.8. The number of hydrogen-bond acceptors (Lipinski definition) is 4. The molecule has 0 saturated heterocycles. The number of carboxylic acid groups (broad SMARTS) is 1. The molecule has 34 heavy (non-hydrogen) atoms. The fraction of sp³-hybridized carbons (Fsp3) is 0.444. The number of carboxylic acids is 1. The molecule has 7 heteroatoms. The van der Waals surface area contributed by atoms with Crippen LogP contribution in [0.3, 0.4) is 0 Å². The van der Waals surface area contributed by atoms with Gasteiger partial charge in [0, 0.05) is 24.4 Å². The highest BCUT2D eigenvalue weighted by molar-refractivity contribution is 5.81. The van der Waals surface area contributed by atoms with E-state index < -0.39 is 29.6 Å². The van der Waals surface area contributed by atoms with Gasteiger partial charge in [-0.1, -0.05) is 61.4 Å². The molecule has 3 N–H and O–H groups in total. The molecule has 0 spiro atoms. The third-order valence-corrected chi connectivity index (χ3v) is 7.23. The van der Waals surface area contributed by atoms with Gasteiger partial charge in [-0.3, -0.25) is 9.59 Å². The maximum absolute atomic E-state index is 12.6. The number of carbonyl (C=O) groups is 3. The number of carbonyl (C=O) groups excluding carboxylic acids is 2. The molecule has 2 aromatic carbocycles. The van der Waals surface area contributed by atoms with Crippen LogP contribution in [0.2, 0.25) is 0 Å². The summed E-state index contributed by atoms with van der Waals surface area (Å²) in [5.41, 5.74) is 3.63. The molecule has 0 aromatic heterocycles. The minimum Gasteiger partial charge on any atom is -0.481 e. The molecule has 0 radical (unpaired) electrons. The number of amides is 2. The van der Waals surface area contributed by atoms with Gasteiger partial charge in [-0.05, 0) is 48.9 Å². The van der Waals surface area contributed by atoms with Crippen molar-refractivity contribution < 1.29 is 24.2 Å². The van der Waals surface area contributed by atoms with Gasteiger partial charge in [-0.2, -0.15) is 0 Å². The van der Waals surface area contributed by atoms with Gasteiger partial charge in [0.15, 0.2) is 0 Å². The Morgan fingerprint density at radius 1 is 1.06 bits per heavy atom. The number of aliphatic carboxylic acids is 1. The standard InChI is InChI=1S/C27H32N2O5/c1-17(15-24(30)29-23-13-7-8-14-27(23,2)25(31)32)28-26(33)34-16-22-20-11-5-3-9-18(20)19-10-4-6-12-21(19)22/h3-6,9-12,17,22-23H,7-8,13-16H2,1-2H3,(H,28,33)(H,29,30)(H,31,32)/t17-,23?,27?/m1/s1. The number of rotatable bonds is 7. The van der Waals surface area contributed by atoms with Crippen molar-refractivity contribution >= 4 is 18.0 Å². The Kier molecular flexibility index (Phi) is 6.91. The molecule has 0 bridgehead atoms. The summed E-state index contributed by atoms with van der Waals surface area (Å²) < 4.78 is 5.55. The van der Waals surface area contributed by atoms with Crippen LogP contribution < -0.4 is 10.6 Å². The summed E-state index contributed by atoms with van der Waals surface area (Å²) >= 11 is 0. The predicted molar refractivity (Wildman–Crippen MR) is 128 cm³/mol. The Morgan fingerprint density at radius 3 is 2.29 bits per heavy atom. The summed E-state index contributed by atoms with van der Waals surface area (Å²) in [5.74, 6) is -1.19. The second-order valence-electron chi connectivity index (χ2n) is 9.66. The van der Waals surface area contributed by atoms with Gasteiger partial charge in [-0.25, -0.2) is 4.79 Å². The second kappa shape index (κ2) is 9.87. The van der Waals surface area contributed by atoms with Gasteiger partial charge in [0.25, 0.3) is 0 Å². The van der Waals surface area contributed by atoms with E-state index in [2.05, 4.69) is 34.9 Å². The van der Waals surface area contributed by atoms with Crippen LogP contribution in [0, 0.1) is 5.41 Å². The molecule has 180 valence electrons. The fourth-order valence-electron chi connectivity index (χ4n) is 5.24. The monoisotopic (exact) mass is 464 g/mol. The molecule has 3 atom stereocenters. The SMILES string of the molecule is C[C@H](CC(=O)NC1CCCCC1(C)C(=O)O)NC(=O)OCC1c2ccccc2-c2ccccc21. The number of nitrogens with one attached hydrogen (secondary N) is 2. The molecule has 7 nitrogen and oxygen atoms in total. The van der Waals surface area contributed by atoms with E-state index in [1.165, 1.54) is 0 Å². The molecule has 0 aliphatic heterocycles. The van der Waals surface area contributed by atoms with Crippen LogP contribution in [0.15, 0.2) is 48.5 Å². The fourth-order valence-corrected chi connectivity index (χ4v) is 5.24. The zero-order chi connectivity index (χ0) is 24.3. The van der Waals surface area contributed by atoms with Crippen LogP contribution >= 0.6 is 0 Å². The van der Waals surface area contributed by atoms with Crippen LogP contribution in [-0.2, 0) is 14.3 Å². The maximum atomic E-state index is 12.6. The minimum atomic E-state index is -0.961. The Hall–Kier alpha value is -3.35. The van der Waals surface area contributed by atoms with Crippen LogP contribution in [0.5, 0.6) is 0 Å². The summed E-state index contributed by atoms with van der Waals surface area (Å²) in [7, 11) is 0. The first-order chi connectivity index (χ1) is 16.3. The van der Waals surface area contributed by atoms with Crippen molar-refractivity contribution in [3.8, 4) is 11.1 Å². The molecular formula is C27H32N2O5. The summed E-state index contributed by atoms with van der Waals surface area (Å²) in [6.07, 6.45) is 2.39. The van der Waals surface area contributed by atoms with Crippen molar-refractivity contribution in [2.45, 2.75) is 64.0 Å². The van der Waals surface area contributed by atoms with Gasteiger partial charge in [0.05, 0.1) is 5.41 Å². The van der Waals surface area contributed by atoms with E-state index in [0.717, 1.165) is 35.1 Å². The summed E-state index contributed by atoms with van der Waals surface area (Å²) in [6.45, 7) is 3.63. The zero-order valence-corrected chi connectivity index (χ0v) is 19.7. The first-order valence-corrected chi connectivity index (χ1v) is 11.9. The number of benzene rings is 2. The lowest BCUT2D eigenvalue weighted by atomic mass is 9.71. The molecule has 2 unspecified atom stereocenters. The van der Waals surface area contributed by atoms with E-state index in [1.54, 1.807) is 13.8 Å². The zero-order valence-electron chi connectivity index (χ0n) is 19.7. The van der Waals surface area contributed by atoms with Gasteiger partial charge in [0.1, 0.15) is 6.61 Å².